The fourth-order valence-electron chi connectivity index (χ4n) is 2.91. The highest BCUT2D eigenvalue weighted by Crippen LogP contribution is 2.21. The lowest BCUT2D eigenvalue weighted by molar-refractivity contribution is -0.128. The van der Waals surface area contributed by atoms with Crippen LogP contribution in [-0.4, -0.2) is 19.1 Å². The van der Waals surface area contributed by atoms with Crippen molar-refractivity contribution in [3.8, 4) is 17.2 Å². The first kappa shape index (κ1) is 22.2. The number of carbonyl (C=O) groups is 1. The third-order valence-electron chi connectivity index (χ3n) is 4.69. The van der Waals surface area contributed by atoms with Crippen LogP contribution >= 0.6 is 0 Å². The van der Waals surface area contributed by atoms with Crippen LogP contribution in [0.2, 0.25) is 0 Å². The Morgan fingerprint density at radius 1 is 0.935 bits per heavy atom. The number of benzene rings is 3. The van der Waals surface area contributed by atoms with Gasteiger partial charge in [-0.3, -0.25) is 4.79 Å². The average molecular weight is 423 g/mol. The molecule has 0 aliphatic heterocycles. The molecule has 0 aromatic heterocycles. The number of nitrogens with one attached hydrogen (secondary N) is 1. The summed E-state index contributed by atoms with van der Waals surface area (Å²) < 4.78 is 29.7. The molecule has 0 saturated heterocycles. The van der Waals surface area contributed by atoms with Crippen molar-refractivity contribution in [2.75, 3.05) is 7.11 Å². The van der Waals surface area contributed by atoms with E-state index in [2.05, 4.69) is 5.32 Å². The monoisotopic (exact) mass is 423 g/mol. The first-order valence-corrected chi connectivity index (χ1v) is 10.1. The predicted octanol–water partition coefficient (Wildman–Crippen LogP) is 4.89. The number of ether oxygens (including phenoxy) is 3. The zero-order valence-corrected chi connectivity index (χ0v) is 17.6. The van der Waals surface area contributed by atoms with E-state index in [1.54, 1.807) is 31.4 Å². The third-order valence-corrected chi connectivity index (χ3v) is 4.69. The second-order valence-electron chi connectivity index (χ2n) is 6.97. The SMILES string of the molecule is CC[C@@H](Oc1cccc(OC)c1)C(=O)NCc1ccc(OCc2ccc(F)cc2)cc1. The maximum atomic E-state index is 13.0. The average Bonchev–Trinajstić information content (AvgIpc) is 2.81. The van der Waals surface area contributed by atoms with E-state index in [0.29, 0.717) is 36.8 Å². The van der Waals surface area contributed by atoms with E-state index in [1.165, 1.54) is 12.1 Å². The molecule has 31 heavy (non-hydrogen) atoms. The largest absolute Gasteiger partial charge is 0.497 e. The summed E-state index contributed by atoms with van der Waals surface area (Å²) in [6.07, 6.45) is -0.0513. The molecule has 5 nitrogen and oxygen atoms in total. The number of amides is 1. The Kier molecular flexibility index (Phi) is 7.87. The Balaban J connectivity index is 1.48. The normalized spacial score (nSPS) is 11.5. The molecule has 0 fully saturated rings. The molecule has 0 saturated carbocycles. The van der Waals surface area contributed by atoms with Crippen LogP contribution in [0.15, 0.2) is 72.8 Å². The van der Waals surface area contributed by atoms with Crippen molar-refractivity contribution in [2.24, 2.45) is 0 Å². The molecule has 0 aliphatic rings. The Hall–Kier alpha value is -3.54. The van der Waals surface area contributed by atoms with Gasteiger partial charge in [-0.1, -0.05) is 37.3 Å². The minimum Gasteiger partial charge on any atom is -0.497 e. The van der Waals surface area contributed by atoms with Gasteiger partial charge in [-0.05, 0) is 53.9 Å². The van der Waals surface area contributed by atoms with Crippen LogP contribution in [-0.2, 0) is 17.9 Å². The number of halogens is 1. The zero-order chi connectivity index (χ0) is 22.1. The van der Waals surface area contributed by atoms with E-state index < -0.39 is 6.10 Å². The quantitative estimate of drug-likeness (QED) is 0.505. The fraction of sp³-hybridized carbons (Fsp3) is 0.240. The third kappa shape index (κ3) is 6.74. The van der Waals surface area contributed by atoms with E-state index in [-0.39, 0.29) is 11.7 Å². The standard InChI is InChI=1S/C25H26FNO4/c1-3-24(31-23-6-4-5-22(15-23)29-2)25(28)27-16-18-9-13-21(14-10-18)30-17-19-7-11-20(26)12-8-19/h4-15,24H,3,16-17H2,1-2H3,(H,27,28)/t24-/m1/s1. The maximum absolute atomic E-state index is 13.0. The van der Waals surface area contributed by atoms with Crippen LogP contribution in [0, 0.1) is 5.82 Å². The summed E-state index contributed by atoms with van der Waals surface area (Å²) in [4.78, 5) is 12.5. The van der Waals surface area contributed by atoms with E-state index >= 15 is 0 Å². The van der Waals surface area contributed by atoms with E-state index in [0.717, 1.165) is 11.1 Å². The summed E-state index contributed by atoms with van der Waals surface area (Å²) >= 11 is 0. The molecular weight excluding hydrogens is 397 g/mol. The first-order valence-electron chi connectivity index (χ1n) is 10.1. The van der Waals surface area contributed by atoms with Crippen LogP contribution in [0.5, 0.6) is 17.2 Å². The van der Waals surface area contributed by atoms with Gasteiger partial charge in [-0.15, -0.1) is 0 Å². The van der Waals surface area contributed by atoms with Gasteiger partial charge in [0.25, 0.3) is 5.91 Å². The highest BCUT2D eigenvalue weighted by atomic mass is 19.1. The molecule has 1 atom stereocenters. The number of rotatable bonds is 10. The molecule has 6 heteroatoms. The summed E-state index contributed by atoms with van der Waals surface area (Å²) in [5.41, 5.74) is 1.83. The van der Waals surface area contributed by atoms with Gasteiger partial charge in [-0.2, -0.15) is 0 Å². The first-order chi connectivity index (χ1) is 15.1. The molecule has 0 radical (unpaired) electrons. The van der Waals surface area contributed by atoms with E-state index in [1.807, 2.05) is 43.3 Å². The number of carbonyl (C=O) groups excluding carboxylic acids is 1. The molecule has 3 aromatic rings. The Labute approximate surface area is 181 Å². The smallest absolute Gasteiger partial charge is 0.261 e. The molecule has 162 valence electrons. The second-order valence-corrected chi connectivity index (χ2v) is 6.97. The van der Waals surface area contributed by atoms with Gasteiger partial charge in [0.05, 0.1) is 7.11 Å². The highest BCUT2D eigenvalue weighted by Gasteiger charge is 2.18. The lowest BCUT2D eigenvalue weighted by Crippen LogP contribution is -2.37. The molecule has 1 amide bonds. The van der Waals surface area contributed by atoms with Crippen molar-refractivity contribution >= 4 is 5.91 Å². The van der Waals surface area contributed by atoms with Gasteiger partial charge in [-0.25, -0.2) is 4.39 Å². The Morgan fingerprint density at radius 2 is 1.61 bits per heavy atom. The molecule has 1 N–H and O–H groups in total. The van der Waals surface area contributed by atoms with Crippen molar-refractivity contribution in [3.05, 3.63) is 89.7 Å². The molecule has 0 spiro atoms. The van der Waals surface area contributed by atoms with Crippen LogP contribution in [0.4, 0.5) is 4.39 Å². The summed E-state index contributed by atoms with van der Waals surface area (Å²) in [6.45, 7) is 2.64. The maximum Gasteiger partial charge on any atom is 0.261 e. The van der Waals surface area contributed by atoms with Gasteiger partial charge in [0.15, 0.2) is 6.10 Å². The second kappa shape index (κ2) is 11.0. The Bertz CT molecular complexity index is 974. The molecular formula is C25H26FNO4. The van der Waals surface area contributed by atoms with Crippen molar-refractivity contribution in [2.45, 2.75) is 32.6 Å². The fourth-order valence-corrected chi connectivity index (χ4v) is 2.91. The summed E-state index contributed by atoms with van der Waals surface area (Å²) in [5, 5.41) is 2.91. The van der Waals surface area contributed by atoms with Crippen molar-refractivity contribution in [1.29, 1.82) is 0 Å². The highest BCUT2D eigenvalue weighted by molar-refractivity contribution is 5.81. The number of hydrogen-bond acceptors (Lipinski definition) is 4. The van der Waals surface area contributed by atoms with Crippen molar-refractivity contribution in [3.63, 3.8) is 0 Å². The molecule has 0 unspecified atom stereocenters. The molecule has 0 bridgehead atoms. The number of hydrogen-bond donors (Lipinski definition) is 1. The summed E-state index contributed by atoms with van der Waals surface area (Å²) in [7, 11) is 1.59. The van der Waals surface area contributed by atoms with Crippen LogP contribution in [0.1, 0.15) is 24.5 Å². The van der Waals surface area contributed by atoms with Gasteiger partial charge in [0, 0.05) is 12.6 Å². The predicted molar refractivity (Wildman–Crippen MR) is 117 cm³/mol. The van der Waals surface area contributed by atoms with E-state index in [9.17, 15) is 9.18 Å². The topological polar surface area (TPSA) is 56.8 Å². The number of methoxy groups -OCH3 is 1. The molecule has 0 heterocycles. The molecule has 3 aromatic carbocycles. The summed E-state index contributed by atoms with van der Waals surface area (Å²) in [5.74, 6) is 1.52. The molecule has 3 rings (SSSR count). The van der Waals surface area contributed by atoms with Gasteiger partial charge in [0.2, 0.25) is 0 Å². The Morgan fingerprint density at radius 3 is 2.29 bits per heavy atom. The van der Waals surface area contributed by atoms with Gasteiger partial charge >= 0.3 is 0 Å². The summed E-state index contributed by atoms with van der Waals surface area (Å²) in [6, 6.07) is 20.9. The van der Waals surface area contributed by atoms with Gasteiger partial charge < -0.3 is 19.5 Å². The van der Waals surface area contributed by atoms with Crippen LogP contribution in [0.25, 0.3) is 0 Å². The van der Waals surface area contributed by atoms with Crippen molar-refractivity contribution < 1.29 is 23.4 Å². The lowest BCUT2D eigenvalue weighted by Gasteiger charge is -2.18. The minimum absolute atomic E-state index is 0.179. The van der Waals surface area contributed by atoms with Gasteiger partial charge in [0.1, 0.15) is 29.7 Å². The van der Waals surface area contributed by atoms with Crippen LogP contribution < -0.4 is 19.5 Å². The minimum atomic E-state index is -0.592. The lowest BCUT2D eigenvalue weighted by atomic mass is 10.2. The van der Waals surface area contributed by atoms with Crippen LogP contribution in [0.3, 0.4) is 0 Å². The van der Waals surface area contributed by atoms with Crippen molar-refractivity contribution in [1.82, 2.24) is 5.32 Å². The zero-order valence-electron chi connectivity index (χ0n) is 17.6. The molecule has 0 aliphatic carbocycles. The van der Waals surface area contributed by atoms with E-state index in [4.69, 9.17) is 14.2 Å².